The lowest BCUT2D eigenvalue weighted by Crippen LogP contribution is -2.07. The summed E-state index contributed by atoms with van der Waals surface area (Å²) in [5, 5.41) is 0. The van der Waals surface area contributed by atoms with Gasteiger partial charge in [0.2, 0.25) is 0 Å². The molecule has 0 saturated heterocycles. The number of hydrogen-bond donors (Lipinski definition) is 0. The van der Waals surface area contributed by atoms with Crippen molar-refractivity contribution in [2.24, 2.45) is 0 Å². The molecule has 2 aromatic carbocycles. The highest BCUT2D eigenvalue weighted by Crippen LogP contribution is 2.33. The highest BCUT2D eigenvalue weighted by molar-refractivity contribution is 7.97. The second-order valence-electron chi connectivity index (χ2n) is 7.63. The number of benzene rings is 2. The fraction of sp³-hybridized carbons (Fsp3) is 0.273. The van der Waals surface area contributed by atoms with E-state index in [9.17, 15) is 9.59 Å². The van der Waals surface area contributed by atoms with Crippen molar-refractivity contribution in [3.63, 3.8) is 0 Å². The summed E-state index contributed by atoms with van der Waals surface area (Å²) < 4.78 is 13.7. The molecule has 0 aliphatic carbocycles. The Balaban J connectivity index is 1.22. The van der Waals surface area contributed by atoms with Gasteiger partial charge in [-0.15, -0.1) is 22.7 Å². The molecular formula is C22H22N4O4S4. The van der Waals surface area contributed by atoms with Crippen LogP contribution in [-0.2, 0) is 18.0 Å². The van der Waals surface area contributed by atoms with Gasteiger partial charge in [-0.3, -0.25) is 9.59 Å². The van der Waals surface area contributed by atoms with Crippen LogP contribution in [0.4, 0.5) is 11.4 Å². The Hall–Kier alpha value is -2.54. The molecule has 0 atom stereocenters. The molecule has 0 saturated carbocycles. The number of carbonyl (C=O) groups is 2. The Bertz CT molecular complexity index is 1230. The van der Waals surface area contributed by atoms with Crippen molar-refractivity contribution in [2.45, 2.75) is 21.5 Å². The van der Waals surface area contributed by atoms with Gasteiger partial charge in [0.05, 0.1) is 33.3 Å². The fourth-order valence-electron chi connectivity index (χ4n) is 2.87. The molecule has 0 unspecified atom stereocenters. The topological polar surface area (TPSA) is 84.9 Å². The Morgan fingerprint density at radius 1 is 0.765 bits per heavy atom. The second kappa shape index (κ2) is 10.8. The third-order valence-corrected chi connectivity index (χ3v) is 8.26. The van der Waals surface area contributed by atoms with E-state index in [1.54, 1.807) is 0 Å². The summed E-state index contributed by atoms with van der Waals surface area (Å²) in [7, 11) is 7.87. The average Bonchev–Trinajstić information content (AvgIpc) is 3.41. The first-order chi connectivity index (χ1) is 16.3. The lowest BCUT2D eigenvalue weighted by Gasteiger charge is -2.11. The van der Waals surface area contributed by atoms with Crippen molar-refractivity contribution >= 4 is 90.5 Å². The van der Waals surface area contributed by atoms with Gasteiger partial charge in [0.15, 0.2) is 8.68 Å². The van der Waals surface area contributed by atoms with Crippen LogP contribution < -0.4 is 9.80 Å². The Morgan fingerprint density at radius 3 is 1.56 bits per heavy atom. The van der Waals surface area contributed by atoms with Crippen molar-refractivity contribution in [1.82, 2.24) is 9.97 Å². The van der Waals surface area contributed by atoms with Crippen LogP contribution in [0.2, 0.25) is 0 Å². The predicted octanol–water partition coefficient (Wildman–Crippen LogP) is 5.62. The van der Waals surface area contributed by atoms with Crippen LogP contribution in [0, 0.1) is 0 Å². The van der Waals surface area contributed by atoms with Gasteiger partial charge in [0.1, 0.15) is 24.1 Å². The average molecular weight is 535 g/mol. The predicted molar refractivity (Wildman–Crippen MR) is 141 cm³/mol. The third-order valence-electron chi connectivity index (χ3n) is 4.68. The van der Waals surface area contributed by atoms with Gasteiger partial charge < -0.3 is 18.2 Å². The van der Waals surface area contributed by atoms with Gasteiger partial charge in [0, 0.05) is 39.6 Å². The molecular weight excluding hydrogens is 513 g/mol. The van der Waals surface area contributed by atoms with E-state index in [1.165, 1.54) is 22.7 Å². The minimum Gasteiger partial charge on any atom is -0.383 e. The van der Waals surface area contributed by atoms with Crippen molar-refractivity contribution in [1.29, 1.82) is 0 Å². The van der Waals surface area contributed by atoms with E-state index in [2.05, 4.69) is 9.97 Å². The number of aromatic nitrogens is 2. The van der Waals surface area contributed by atoms with Crippen LogP contribution in [0.15, 0.2) is 45.1 Å². The number of hydrogen-bond acceptors (Lipinski definition) is 12. The van der Waals surface area contributed by atoms with Crippen LogP contribution >= 0.6 is 46.8 Å². The maximum atomic E-state index is 12.1. The molecule has 0 aliphatic rings. The quantitative estimate of drug-likeness (QED) is 0.252. The van der Waals surface area contributed by atoms with Gasteiger partial charge in [-0.2, -0.15) is 0 Å². The van der Waals surface area contributed by atoms with Gasteiger partial charge in [-0.1, -0.05) is 0 Å². The van der Waals surface area contributed by atoms with Crippen molar-refractivity contribution in [3.8, 4) is 0 Å². The van der Waals surface area contributed by atoms with Crippen LogP contribution in [0.25, 0.3) is 20.4 Å². The molecule has 0 amide bonds. The van der Waals surface area contributed by atoms with E-state index in [4.69, 9.17) is 8.37 Å². The summed E-state index contributed by atoms with van der Waals surface area (Å²) in [4.78, 5) is 37.1. The number of rotatable bonds is 9. The smallest absolute Gasteiger partial charge is 0.318 e. The summed E-state index contributed by atoms with van der Waals surface area (Å²) >= 11 is 4.72. The summed E-state index contributed by atoms with van der Waals surface area (Å²) in [5.74, 6) is -1.01. The van der Waals surface area contributed by atoms with E-state index in [1.807, 2.05) is 74.4 Å². The molecule has 2 aromatic heterocycles. The largest absolute Gasteiger partial charge is 0.383 e. The van der Waals surface area contributed by atoms with Crippen molar-refractivity contribution in [3.05, 3.63) is 36.4 Å². The number of anilines is 2. The number of fused-ring (bicyclic) bond motifs is 2. The minimum atomic E-state index is -0.503. The molecule has 4 rings (SSSR count). The molecule has 0 N–H and O–H groups in total. The van der Waals surface area contributed by atoms with Crippen LogP contribution in [0.1, 0.15) is 12.8 Å². The van der Waals surface area contributed by atoms with Crippen LogP contribution in [0.5, 0.6) is 0 Å². The van der Waals surface area contributed by atoms with Gasteiger partial charge in [0.25, 0.3) is 0 Å². The number of nitrogens with zero attached hydrogens (tertiary/aromatic N) is 4. The van der Waals surface area contributed by atoms with E-state index >= 15 is 0 Å². The highest BCUT2D eigenvalue weighted by atomic mass is 32.2. The fourth-order valence-corrected chi connectivity index (χ4v) is 6.00. The van der Waals surface area contributed by atoms with E-state index < -0.39 is 11.9 Å². The maximum absolute atomic E-state index is 12.1. The molecule has 34 heavy (non-hydrogen) atoms. The monoisotopic (exact) mass is 534 g/mol. The van der Waals surface area contributed by atoms with Crippen LogP contribution in [0.3, 0.4) is 0 Å². The molecule has 8 nitrogen and oxygen atoms in total. The molecule has 0 aliphatic heterocycles. The van der Waals surface area contributed by atoms with E-state index in [0.717, 1.165) is 55.9 Å². The SMILES string of the molecule is CN(C)c1ccc2sc(SOC(=O)CCC(=O)OSc3nc4cc(N(C)C)ccc4s3)nc2c1. The third kappa shape index (κ3) is 6.12. The van der Waals surface area contributed by atoms with E-state index in [-0.39, 0.29) is 12.8 Å². The van der Waals surface area contributed by atoms with Gasteiger partial charge >= 0.3 is 11.9 Å². The second-order valence-corrected chi connectivity index (χ2v) is 11.6. The van der Waals surface area contributed by atoms with Gasteiger partial charge in [-0.05, 0) is 36.4 Å². The summed E-state index contributed by atoms with van der Waals surface area (Å²) in [6.07, 6.45) is -0.151. The normalized spacial score (nSPS) is 11.1. The number of thiazole rings is 2. The molecule has 0 radical (unpaired) electrons. The lowest BCUT2D eigenvalue weighted by molar-refractivity contribution is -0.139. The molecule has 0 bridgehead atoms. The van der Waals surface area contributed by atoms with Crippen LogP contribution in [-0.4, -0.2) is 50.1 Å². The molecule has 4 aromatic rings. The summed E-state index contributed by atoms with van der Waals surface area (Å²) in [6.45, 7) is 0. The van der Waals surface area contributed by atoms with Gasteiger partial charge in [-0.25, -0.2) is 9.97 Å². The van der Waals surface area contributed by atoms with Crippen molar-refractivity contribution in [2.75, 3.05) is 38.0 Å². The zero-order chi connectivity index (χ0) is 24.2. The van der Waals surface area contributed by atoms with E-state index in [0.29, 0.717) is 8.68 Å². The Labute approximate surface area is 213 Å². The number of carbonyl (C=O) groups excluding carboxylic acids is 2. The zero-order valence-corrected chi connectivity index (χ0v) is 22.2. The minimum absolute atomic E-state index is 0.0753. The Morgan fingerprint density at radius 2 is 1.18 bits per heavy atom. The zero-order valence-electron chi connectivity index (χ0n) is 18.9. The van der Waals surface area contributed by atoms with Crippen molar-refractivity contribution < 1.29 is 18.0 Å². The molecule has 0 spiro atoms. The lowest BCUT2D eigenvalue weighted by atomic mass is 10.3. The molecule has 12 heteroatoms. The maximum Gasteiger partial charge on any atom is 0.318 e. The first kappa shape index (κ1) is 24.6. The summed E-state index contributed by atoms with van der Waals surface area (Å²) in [6, 6.07) is 12.0. The first-order valence-corrected chi connectivity index (χ1v) is 13.3. The molecule has 0 fully saturated rings. The summed E-state index contributed by atoms with van der Waals surface area (Å²) in [5.41, 5.74) is 3.80. The first-order valence-electron chi connectivity index (χ1n) is 10.2. The highest BCUT2D eigenvalue weighted by Gasteiger charge is 2.15. The molecule has 178 valence electrons. The molecule has 2 heterocycles. The standard InChI is InChI=1S/C22H22N4O4S4/c1-25(2)13-5-7-17-15(11-13)23-21(31-17)33-29-19(27)9-10-20(28)30-34-22-24-16-12-14(26(3)4)6-8-18(16)32-22/h5-8,11-12H,9-10H2,1-4H3. The Kier molecular flexibility index (Phi) is 7.81.